The summed E-state index contributed by atoms with van der Waals surface area (Å²) in [7, 11) is 0. The Balaban J connectivity index is 2.32. The van der Waals surface area contributed by atoms with Crippen molar-refractivity contribution in [2.45, 2.75) is 39.2 Å². The molecule has 0 spiro atoms. The molecule has 0 saturated heterocycles. The number of rotatable bonds is 5. The van der Waals surface area contributed by atoms with Crippen molar-refractivity contribution in [1.82, 2.24) is 0 Å². The van der Waals surface area contributed by atoms with Gasteiger partial charge in [-0.05, 0) is 29.4 Å². The minimum atomic E-state index is -0.173. The van der Waals surface area contributed by atoms with E-state index in [-0.39, 0.29) is 11.9 Å². The van der Waals surface area contributed by atoms with Crippen molar-refractivity contribution in [1.29, 1.82) is 0 Å². The number of hydrogen-bond donors (Lipinski definition) is 1. The first kappa shape index (κ1) is 14.0. The van der Waals surface area contributed by atoms with Crippen LogP contribution in [0.1, 0.15) is 44.7 Å². The van der Waals surface area contributed by atoms with Gasteiger partial charge in [-0.15, -0.1) is 0 Å². The van der Waals surface area contributed by atoms with Crippen LogP contribution in [0.3, 0.4) is 0 Å². The smallest absolute Gasteiger partial charge is 0.131 e. The Morgan fingerprint density at radius 2 is 1.79 bits per heavy atom. The summed E-state index contributed by atoms with van der Waals surface area (Å²) in [6.07, 6.45) is 3.31. The number of nitrogens with two attached hydrogens (primary N) is 1. The maximum absolute atomic E-state index is 13.8. The zero-order valence-corrected chi connectivity index (χ0v) is 11.7. The van der Waals surface area contributed by atoms with Gasteiger partial charge >= 0.3 is 0 Å². The van der Waals surface area contributed by atoms with Gasteiger partial charge in [0.25, 0.3) is 0 Å². The average Bonchev–Trinajstić information content (AvgIpc) is 2.39. The van der Waals surface area contributed by atoms with Gasteiger partial charge in [0.15, 0.2) is 0 Å². The largest absolute Gasteiger partial charge is 0.324 e. The molecule has 0 bridgehead atoms. The van der Waals surface area contributed by atoms with Crippen molar-refractivity contribution < 1.29 is 4.39 Å². The van der Waals surface area contributed by atoms with Gasteiger partial charge in [-0.1, -0.05) is 57.0 Å². The molecule has 19 heavy (non-hydrogen) atoms. The van der Waals surface area contributed by atoms with Crippen LogP contribution in [-0.4, -0.2) is 0 Å². The zero-order valence-electron chi connectivity index (χ0n) is 11.7. The van der Waals surface area contributed by atoms with E-state index in [1.165, 1.54) is 18.9 Å². The third kappa shape index (κ3) is 3.13. The third-order valence-corrected chi connectivity index (χ3v) is 3.74. The summed E-state index contributed by atoms with van der Waals surface area (Å²) in [6.45, 7) is 4.42. The highest BCUT2D eigenvalue weighted by atomic mass is 19.1. The summed E-state index contributed by atoms with van der Waals surface area (Å²) in [4.78, 5) is 0. The van der Waals surface area contributed by atoms with Gasteiger partial charge in [0.1, 0.15) is 5.82 Å². The Kier molecular flexibility index (Phi) is 4.54. The van der Waals surface area contributed by atoms with E-state index in [1.54, 1.807) is 0 Å². The molecular formula is C17H22FN. The van der Waals surface area contributed by atoms with Crippen molar-refractivity contribution in [3.05, 3.63) is 47.8 Å². The second-order valence-corrected chi connectivity index (χ2v) is 5.42. The fraction of sp³-hybridized carbons (Fsp3) is 0.412. The fourth-order valence-electron chi connectivity index (χ4n) is 2.78. The Labute approximate surface area is 114 Å². The molecule has 0 radical (unpaired) electrons. The first-order valence-electron chi connectivity index (χ1n) is 7.06. The van der Waals surface area contributed by atoms with Crippen LogP contribution in [0.5, 0.6) is 0 Å². The third-order valence-electron chi connectivity index (χ3n) is 3.74. The highest BCUT2D eigenvalue weighted by Crippen LogP contribution is 2.29. The second kappa shape index (κ2) is 6.16. The SMILES string of the molecule is CCCC(C)CC(N)c1ccc(F)c2ccccc12. The first-order valence-corrected chi connectivity index (χ1v) is 7.06. The van der Waals surface area contributed by atoms with Crippen molar-refractivity contribution in [3.63, 3.8) is 0 Å². The molecule has 102 valence electrons. The van der Waals surface area contributed by atoms with Gasteiger partial charge in [-0.2, -0.15) is 0 Å². The van der Waals surface area contributed by atoms with E-state index in [4.69, 9.17) is 5.73 Å². The summed E-state index contributed by atoms with van der Waals surface area (Å²) < 4.78 is 13.8. The van der Waals surface area contributed by atoms with Gasteiger partial charge in [0, 0.05) is 11.4 Å². The molecule has 2 aromatic carbocycles. The standard InChI is InChI=1S/C17H22FN/c1-3-6-12(2)11-17(19)15-9-10-16(18)14-8-5-4-7-13(14)15/h4-5,7-10,12,17H,3,6,11,19H2,1-2H3. The maximum atomic E-state index is 13.8. The minimum absolute atomic E-state index is 0.0212. The summed E-state index contributed by atoms with van der Waals surface area (Å²) in [5.41, 5.74) is 7.38. The Morgan fingerprint density at radius 3 is 2.47 bits per heavy atom. The molecule has 0 aromatic heterocycles. The van der Waals surface area contributed by atoms with Crippen LogP contribution in [0.2, 0.25) is 0 Å². The Hall–Kier alpha value is -1.41. The lowest BCUT2D eigenvalue weighted by atomic mass is 9.91. The van der Waals surface area contributed by atoms with Crippen LogP contribution in [0.15, 0.2) is 36.4 Å². The van der Waals surface area contributed by atoms with Crippen molar-refractivity contribution in [2.24, 2.45) is 11.7 Å². The van der Waals surface area contributed by atoms with Gasteiger partial charge < -0.3 is 5.73 Å². The van der Waals surface area contributed by atoms with E-state index >= 15 is 0 Å². The normalized spacial score (nSPS) is 14.5. The van der Waals surface area contributed by atoms with Crippen LogP contribution in [0.4, 0.5) is 4.39 Å². The fourth-order valence-corrected chi connectivity index (χ4v) is 2.78. The predicted octanol–water partition coefficient (Wildman–Crippen LogP) is 4.81. The van der Waals surface area contributed by atoms with Gasteiger partial charge in [-0.25, -0.2) is 4.39 Å². The second-order valence-electron chi connectivity index (χ2n) is 5.42. The monoisotopic (exact) mass is 259 g/mol. The molecule has 0 amide bonds. The van der Waals surface area contributed by atoms with E-state index in [9.17, 15) is 4.39 Å². The molecule has 2 N–H and O–H groups in total. The molecule has 2 rings (SSSR count). The number of benzene rings is 2. The quantitative estimate of drug-likeness (QED) is 0.819. The van der Waals surface area contributed by atoms with Crippen LogP contribution < -0.4 is 5.73 Å². The van der Waals surface area contributed by atoms with E-state index < -0.39 is 0 Å². The average molecular weight is 259 g/mol. The summed E-state index contributed by atoms with van der Waals surface area (Å²) >= 11 is 0. The highest BCUT2D eigenvalue weighted by molar-refractivity contribution is 5.86. The topological polar surface area (TPSA) is 26.0 Å². The number of fused-ring (bicyclic) bond motifs is 1. The molecule has 2 atom stereocenters. The molecule has 0 aliphatic heterocycles. The van der Waals surface area contributed by atoms with Gasteiger partial charge in [-0.3, -0.25) is 0 Å². The Morgan fingerprint density at radius 1 is 1.11 bits per heavy atom. The van der Waals surface area contributed by atoms with Crippen molar-refractivity contribution >= 4 is 10.8 Å². The molecule has 0 aliphatic rings. The minimum Gasteiger partial charge on any atom is -0.324 e. The number of hydrogen-bond acceptors (Lipinski definition) is 1. The Bertz CT molecular complexity index is 550. The lowest BCUT2D eigenvalue weighted by Gasteiger charge is -2.19. The van der Waals surface area contributed by atoms with Gasteiger partial charge in [0.2, 0.25) is 0 Å². The molecule has 0 fully saturated rings. The van der Waals surface area contributed by atoms with Crippen LogP contribution in [-0.2, 0) is 0 Å². The molecule has 0 saturated carbocycles. The van der Waals surface area contributed by atoms with E-state index in [1.807, 2.05) is 30.3 Å². The lowest BCUT2D eigenvalue weighted by Crippen LogP contribution is -2.14. The summed E-state index contributed by atoms with van der Waals surface area (Å²) in [5.74, 6) is 0.428. The van der Waals surface area contributed by atoms with Crippen LogP contribution in [0.25, 0.3) is 10.8 Å². The van der Waals surface area contributed by atoms with Crippen LogP contribution in [0, 0.1) is 11.7 Å². The van der Waals surface area contributed by atoms with E-state index in [2.05, 4.69) is 13.8 Å². The number of halogens is 1. The molecule has 2 unspecified atom stereocenters. The molecule has 2 aromatic rings. The van der Waals surface area contributed by atoms with Crippen LogP contribution >= 0.6 is 0 Å². The highest BCUT2D eigenvalue weighted by Gasteiger charge is 2.14. The predicted molar refractivity (Wildman–Crippen MR) is 79.5 cm³/mol. The van der Waals surface area contributed by atoms with E-state index in [0.717, 1.165) is 17.4 Å². The molecule has 0 heterocycles. The molecule has 2 heteroatoms. The maximum Gasteiger partial charge on any atom is 0.131 e. The molecule has 0 aliphatic carbocycles. The first-order chi connectivity index (χ1) is 9.13. The molecule has 1 nitrogen and oxygen atoms in total. The van der Waals surface area contributed by atoms with Crippen molar-refractivity contribution in [3.8, 4) is 0 Å². The van der Waals surface area contributed by atoms with E-state index in [0.29, 0.717) is 11.3 Å². The lowest BCUT2D eigenvalue weighted by molar-refractivity contribution is 0.441. The molecular weight excluding hydrogens is 237 g/mol. The van der Waals surface area contributed by atoms with Gasteiger partial charge in [0.05, 0.1) is 0 Å². The van der Waals surface area contributed by atoms with Crippen molar-refractivity contribution in [2.75, 3.05) is 0 Å². The zero-order chi connectivity index (χ0) is 13.8. The summed E-state index contributed by atoms with van der Waals surface area (Å²) in [5, 5.41) is 1.61. The summed E-state index contributed by atoms with van der Waals surface area (Å²) in [6, 6.07) is 10.9.